The third-order valence-corrected chi connectivity index (χ3v) is 6.79. The molecule has 4 rings (SSSR count). The van der Waals surface area contributed by atoms with Crippen LogP contribution in [-0.4, -0.2) is 61.0 Å². The number of benzene rings is 3. The van der Waals surface area contributed by atoms with Gasteiger partial charge in [-0.15, -0.1) is 0 Å². The molecule has 1 aliphatic heterocycles. The van der Waals surface area contributed by atoms with Crippen molar-refractivity contribution in [2.24, 2.45) is 0 Å². The molecule has 0 aromatic heterocycles. The Bertz CT molecular complexity index is 1170. The molecule has 0 radical (unpaired) electrons. The lowest BCUT2D eigenvalue weighted by molar-refractivity contribution is -0.136. The Morgan fingerprint density at radius 3 is 2.43 bits per heavy atom. The molecule has 0 fully saturated rings. The lowest BCUT2D eigenvalue weighted by Crippen LogP contribution is -2.47. The van der Waals surface area contributed by atoms with E-state index in [0.29, 0.717) is 41.6 Å². The van der Waals surface area contributed by atoms with Gasteiger partial charge in [0.15, 0.2) is 6.61 Å². The summed E-state index contributed by atoms with van der Waals surface area (Å²) in [4.78, 5) is 30.2. The summed E-state index contributed by atoms with van der Waals surface area (Å²) in [5.74, 6) is 0.964. The van der Waals surface area contributed by atoms with E-state index < -0.39 is 0 Å². The van der Waals surface area contributed by atoms with Gasteiger partial charge in [0.1, 0.15) is 18.1 Å². The number of hydrogen-bond acceptors (Lipinski definition) is 4. The van der Waals surface area contributed by atoms with Crippen molar-refractivity contribution < 1.29 is 19.1 Å². The van der Waals surface area contributed by atoms with Gasteiger partial charge in [-0.3, -0.25) is 9.59 Å². The monoisotopic (exact) mass is 520 g/mol. The number of fused-ring (bicyclic) bond motifs is 1. The van der Waals surface area contributed by atoms with Crippen LogP contribution in [0.3, 0.4) is 0 Å². The molecule has 0 saturated heterocycles. The minimum Gasteiger partial charge on any atom is -0.491 e. The molecule has 1 aliphatic rings. The lowest BCUT2D eigenvalue weighted by Gasteiger charge is -2.32. The highest BCUT2D eigenvalue weighted by molar-refractivity contribution is 6.30. The second-order valence-electron chi connectivity index (χ2n) is 9.27. The Morgan fingerprint density at radius 1 is 0.946 bits per heavy atom. The van der Waals surface area contributed by atoms with E-state index in [1.807, 2.05) is 48.3 Å². The highest BCUT2D eigenvalue weighted by Gasteiger charge is 2.26. The minimum absolute atomic E-state index is 0.0567. The maximum absolute atomic E-state index is 13.5. The summed E-state index contributed by atoms with van der Waals surface area (Å²) in [6.07, 6.45) is 3.22. The van der Waals surface area contributed by atoms with Crippen molar-refractivity contribution in [3.8, 4) is 11.5 Å². The maximum atomic E-state index is 13.5. The number of carbonyl (C=O) groups excluding carboxylic acids is 2. The van der Waals surface area contributed by atoms with Crippen LogP contribution in [0.15, 0.2) is 78.9 Å². The quantitative estimate of drug-likeness (QED) is 0.446. The van der Waals surface area contributed by atoms with Crippen molar-refractivity contribution in [3.63, 3.8) is 0 Å². The van der Waals surface area contributed by atoms with Crippen LogP contribution in [0.5, 0.6) is 11.5 Å². The minimum atomic E-state index is -0.231. The second-order valence-corrected chi connectivity index (χ2v) is 9.70. The van der Waals surface area contributed by atoms with Gasteiger partial charge in [-0.1, -0.05) is 54.1 Å². The molecule has 0 unspecified atom stereocenters. The zero-order chi connectivity index (χ0) is 26.0. The van der Waals surface area contributed by atoms with Crippen LogP contribution in [0, 0.1) is 0 Å². The normalized spacial score (nSPS) is 17.0. The average molecular weight is 521 g/mol. The van der Waals surface area contributed by atoms with E-state index in [2.05, 4.69) is 12.1 Å². The van der Waals surface area contributed by atoms with Gasteiger partial charge >= 0.3 is 0 Å². The van der Waals surface area contributed by atoms with Crippen molar-refractivity contribution >= 4 is 23.4 Å². The van der Waals surface area contributed by atoms with Gasteiger partial charge in [0.25, 0.3) is 11.8 Å². The van der Waals surface area contributed by atoms with E-state index in [1.54, 1.807) is 35.2 Å². The molecule has 37 heavy (non-hydrogen) atoms. The predicted molar refractivity (Wildman–Crippen MR) is 145 cm³/mol. The molecular weight excluding hydrogens is 488 g/mol. The third kappa shape index (κ3) is 7.49. The molecule has 0 aliphatic carbocycles. The van der Waals surface area contributed by atoms with Crippen molar-refractivity contribution in [3.05, 3.63) is 95.0 Å². The van der Waals surface area contributed by atoms with Crippen LogP contribution >= 0.6 is 11.6 Å². The Kier molecular flexibility index (Phi) is 9.44. The fraction of sp³-hybridized carbons (Fsp3) is 0.333. The van der Waals surface area contributed by atoms with E-state index in [9.17, 15) is 9.59 Å². The standard InChI is InChI=1S/C30H33ClN2O4/c1-32-18-8-3-9-19-33(29(34)22-36-26-16-14-24(31)15-17-26)25(20-23-10-4-2-5-11-23)21-37-28-13-7-6-12-27(28)30(32)35/h2,4-7,10-17,25H,3,8-9,18-22H2,1H3/t25-/m1/s1. The van der Waals surface area contributed by atoms with Crippen molar-refractivity contribution in [1.29, 1.82) is 0 Å². The number of nitrogens with zero attached hydrogens (tertiary/aromatic N) is 2. The van der Waals surface area contributed by atoms with Gasteiger partial charge in [-0.2, -0.15) is 0 Å². The molecule has 194 valence electrons. The van der Waals surface area contributed by atoms with Gasteiger partial charge in [0.05, 0.1) is 11.6 Å². The fourth-order valence-electron chi connectivity index (χ4n) is 4.49. The number of amides is 2. The highest BCUT2D eigenvalue weighted by Crippen LogP contribution is 2.23. The van der Waals surface area contributed by atoms with Gasteiger partial charge in [-0.05, 0) is 67.6 Å². The zero-order valence-electron chi connectivity index (χ0n) is 21.1. The molecule has 6 nitrogen and oxygen atoms in total. The van der Waals surface area contributed by atoms with E-state index >= 15 is 0 Å². The topological polar surface area (TPSA) is 59.1 Å². The Hall–Kier alpha value is -3.51. The zero-order valence-corrected chi connectivity index (χ0v) is 21.9. The molecule has 1 heterocycles. The number of rotatable bonds is 5. The summed E-state index contributed by atoms with van der Waals surface area (Å²) in [5.41, 5.74) is 1.65. The lowest BCUT2D eigenvalue weighted by atomic mass is 10.0. The van der Waals surface area contributed by atoms with Gasteiger partial charge in [-0.25, -0.2) is 0 Å². The van der Waals surface area contributed by atoms with Gasteiger partial charge in [0, 0.05) is 25.2 Å². The number of para-hydroxylation sites is 1. The molecule has 0 bridgehead atoms. The number of carbonyl (C=O) groups is 2. The molecule has 0 saturated carbocycles. The summed E-state index contributed by atoms with van der Waals surface area (Å²) in [5, 5.41) is 0.613. The summed E-state index contributed by atoms with van der Waals surface area (Å²) in [6, 6.07) is 24.2. The van der Waals surface area contributed by atoms with Crippen LogP contribution in [0.4, 0.5) is 0 Å². The van der Waals surface area contributed by atoms with E-state index in [1.165, 1.54) is 0 Å². The first kappa shape index (κ1) is 26.6. The van der Waals surface area contributed by atoms with Crippen molar-refractivity contribution in [2.45, 2.75) is 31.7 Å². The first-order valence-electron chi connectivity index (χ1n) is 12.7. The van der Waals surface area contributed by atoms with E-state index in [4.69, 9.17) is 21.1 Å². The van der Waals surface area contributed by atoms with Crippen molar-refractivity contribution in [1.82, 2.24) is 9.80 Å². The molecule has 3 aromatic rings. The molecule has 0 spiro atoms. The van der Waals surface area contributed by atoms with Crippen LogP contribution < -0.4 is 9.47 Å². The fourth-order valence-corrected chi connectivity index (χ4v) is 4.61. The Balaban J connectivity index is 1.59. The largest absolute Gasteiger partial charge is 0.491 e. The third-order valence-electron chi connectivity index (χ3n) is 6.54. The predicted octanol–water partition coefficient (Wildman–Crippen LogP) is 5.49. The first-order chi connectivity index (χ1) is 18.0. The van der Waals surface area contributed by atoms with Crippen LogP contribution in [0.2, 0.25) is 5.02 Å². The summed E-state index contributed by atoms with van der Waals surface area (Å²) in [6.45, 7) is 1.41. The van der Waals surface area contributed by atoms with Crippen LogP contribution in [0.1, 0.15) is 35.2 Å². The SMILES string of the molecule is CN1CCCCCN(C(=O)COc2ccc(Cl)cc2)[C@H](Cc2ccccc2)COc2ccccc2C1=O. The summed E-state index contributed by atoms with van der Waals surface area (Å²) in [7, 11) is 1.82. The molecule has 0 N–H and O–H groups in total. The molecule has 1 atom stereocenters. The highest BCUT2D eigenvalue weighted by atomic mass is 35.5. The van der Waals surface area contributed by atoms with E-state index in [0.717, 1.165) is 24.8 Å². The maximum Gasteiger partial charge on any atom is 0.260 e. The van der Waals surface area contributed by atoms with Gasteiger partial charge < -0.3 is 19.3 Å². The smallest absolute Gasteiger partial charge is 0.260 e. The molecular formula is C30H33ClN2O4. The second kappa shape index (κ2) is 13.2. The van der Waals surface area contributed by atoms with E-state index in [-0.39, 0.29) is 31.1 Å². The Labute approximate surface area is 223 Å². The molecule has 2 amide bonds. The van der Waals surface area contributed by atoms with Crippen molar-refractivity contribution in [2.75, 3.05) is 33.4 Å². The summed E-state index contributed by atoms with van der Waals surface area (Å²) < 4.78 is 12.1. The summed E-state index contributed by atoms with van der Waals surface area (Å²) >= 11 is 5.98. The number of ether oxygens (including phenoxy) is 2. The average Bonchev–Trinajstić information content (AvgIpc) is 2.93. The number of hydrogen-bond donors (Lipinski definition) is 0. The Morgan fingerprint density at radius 2 is 1.65 bits per heavy atom. The molecule has 3 aromatic carbocycles. The van der Waals surface area contributed by atoms with Crippen LogP contribution in [-0.2, 0) is 11.2 Å². The first-order valence-corrected chi connectivity index (χ1v) is 13.1. The van der Waals surface area contributed by atoms with Crippen LogP contribution in [0.25, 0.3) is 0 Å². The molecule has 7 heteroatoms. The van der Waals surface area contributed by atoms with Gasteiger partial charge in [0.2, 0.25) is 0 Å². The number of halogens is 1.